The first-order valence-electron chi connectivity index (χ1n) is 11.5. The molecule has 176 valence electrons. The molecule has 1 fully saturated rings. The highest BCUT2D eigenvalue weighted by atomic mass is 16.6. The molecule has 0 aliphatic heterocycles. The zero-order chi connectivity index (χ0) is 24.4. The van der Waals surface area contributed by atoms with Crippen molar-refractivity contribution in [1.82, 2.24) is 9.78 Å². The fourth-order valence-electron chi connectivity index (χ4n) is 4.16. The van der Waals surface area contributed by atoms with Crippen LogP contribution in [0.15, 0.2) is 91.1 Å². The Morgan fingerprint density at radius 3 is 2.17 bits per heavy atom. The summed E-state index contributed by atoms with van der Waals surface area (Å²) in [5, 5.41) is 16.6. The van der Waals surface area contributed by atoms with Crippen molar-refractivity contribution < 1.29 is 19.4 Å². The predicted molar refractivity (Wildman–Crippen MR) is 133 cm³/mol. The number of hydrogen-bond donors (Lipinski definition) is 2. The summed E-state index contributed by atoms with van der Waals surface area (Å²) in [5.74, 6) is -0.357. The predicted octanol–water partition coefficient (Wildman–Crippen LogP) is 5.97. The molecule has 3 aromatic carbocycles. The Bertz CT molecular complexity index is 1340. The largest absolute Gasteiger partial charge is 0.481 e. The Kier molecular flexibility index (Phi) is 5.82. The smallest absolute Gasteiger partial charge is 0.413 e. The van der Waals surface area contributed by atoms with Crippen LogP contribution in [0.25, 0.3) is 16.8 Å². The van der Waals surface area contributed by atoms with E-state index >= 15 is 0 Å². The van der Waals surface area contributed by atoms with Crippen molar-refractivity contribution in [3.8, 4) is 16.8 Å². The number of nitrogens with one attached hydrogen (secondary N) is 1. The van der Waals surface area contributed by atoms with Gasteiger partial charge in [0.1, 0.15) is 6.10 Å². The quantitative estimate of drug-likeness (QED) is 0.350. The number of carbonyl (C=O) groups excluding carboxylic acids is 1. The normalized spacial score (nSPS) is 14.7. The molecular formula is C28H25N3O4. The van der Waals surface area contributed by atoms with Crippen LogP contribution in [-0.4, -0.2) is 26.9 Å². The lowest BCUT2D eigenvalue weighted by Gasteiger charge is -2.13. The number of carboxylic acid groups (broad SMARTS) is 1. The van der Waals surface area contributed by atoms with E-state index < -0.39 is 17.5 Å². The van der Waals surface area contributed by atoms with Crippen LogP contribution in [0.4, 0.5) is 10.6 Å². The number of carboxylic acids is 1. The van der Waals surface area contributed by atoms with E-state index in [1.165, 1.54) is 0 Å². The lowest BCUT2D eigenvalue weighted by atomic mass is 9.94. The number of anilines is 1. The van der Waals surface area contributed by atoms with Gasteiger partial charge in [0.2, 0.25) is 0 Å². The van der Waals surface area contributed by atoms with E-state index in [-0.39, 0.29) is 6.10 Å². The first kappa shape index (κ1) is 22.4. The van der Waals surface area contributed by atoms with E-state index in [2.05, 4.69) is 10.4 Å². The molecule has 1 heterocycles. The van der Waals surface area contributed by atoms with E-state index in [0.717, 1.165) is 27.9 Å². The van der Waals surface area contributed by atoms with Crippen LogP contribution in [-0.2, 0) is 14.9 Å². The van der Waals surface area contributed by atoms with Gasteiger partial charge in [-0.15, -0.1) is 5.10 Å². The summed E-state index contributed by atoms with van der Waals surface area (Å²) in [6.07, 6.45) is 2.21. The third-order valence-corrected chi connectivity index (χ3v) is 6.43. The number of aromatic nitrogens is 2. The van der Waals surface area contributed by atoms with Gasteiger partial charge < -0.3 is 9.84 Å². The monoisotopic (exact) mass is 467 g/mol. The van der Waals surface area contributed by atoms with Crippen molar-refractivity contribution in [3.63, 3.8) is 0 Å². The molecular weight excluding hydrogens is 442 g/mol. The summed E-state index contributed by atoms with van der Waals surface area (Å²) >= 11 is 0. The van der Waals surface area contributed by atoms with Gasteiger partial charge in [0.25, 0.3) is 0 Å². The molecule has 2 N–H and O–H groups in total. The van der Waals surface area contributed by atoms with Crippen LogP contribution < -0.4 is 5.32 Å². The number of amides is 1. The molecule has 0 spiro atoms. The molecule has 0 radical (unpaired) electrons. The van der Waals surface area contributed by atoms with Crippen molar-refractivity contribution in [2.45, 2.75) is 31.3 Å². The maximum Gasteiger partial charge on any atom is 0.413 e. The van der Waals surface area contributed by atoms with E-state index in [9.17, 15) is 14.7 Å². The van der Waals surface area contributed by atoms with E-state index in [1.54, 1.807) is 16.9 Å². The molecule has 1 atom stereocenters. The van der Waals surface area contributed by atoms with Crippen LogP contribution in [0.3, 0.4) is 0 Å². The first-order valence-corrected chi connectivity index (χ1v) is 11.5. The van der Waals surface area contributed by atoms with Gasteiger partial charge in [-0.1, -0.05) is 66.7 Å². The van der Waals surface area contributed by atoms with Crippen LogP contribution in [0.1, 0.15) is 37.0 Å². The van der Waals surface area contributed by atoms with Gasteiger partial charge in [-0.25, -0.2) is 9.48 Å². The molecule has 1 aliphatic rings. The average molecular weight is 468 g/mol. The number of nitrogens with zero attached hydrogens (tertiary/aromatic N) is 2. The number of rotatable bonds is 7. The van der Waals surface area contributed by atoms with Crippen LogP contribution in [0, 0.1) is 0 Å². The molecule has 5 rings (SSSR count). The highest BCUT2D eigenvalue weighted by molar-refractivity contribution is 5.85. The Hall–Kier alpha value is -4.39. The Morgan fingerprint density at radius 1 is 0.943 bits per heavy atom. The molecule has 1 amide bonds. The Morgan fingerprint density at radius 2 is 1.57 bits per heavy atom. The summed E-state index contributed by atoms with van der Waals surface area (Å²) in [5.41, 5.74) is 3.95. The van der Waals surface area contributed by atoms with Gasteiger partial charge >= 0.3 is 12.1 Å². The van der Waals surface area contributed by atoms with Gasteiger partial charge in [-0.3, -0.25) is 10.1 Å². The molecule has 0 bridgehead atoms. The minimum atomic E-state index is -0.748. The topological polar surface area (TPSA) is 93.5 Å². The van der Waals surface area contributed by atoms with Crippen molar-refractivity contribution in [2.24, 2.45) is 0 Å². The highest BCUT2D eigenvalue weighted by Crippen LogP contribution is 2.48. The fraction of sp³-hybridized carbons (Fsp3) is 0.179. The number of aliphatic carboxylic acids is 1. The lowest BCUT2D eigenvalue weighted by Crippen LogP contribution is -2.19. The van der Waals surface area contributed by atoms with E-state index in [0.29, 0.717) is 18.7 Å². The van der Waals surface area contributed by atoms with Gasteiger partial charge in [-0.05, 0) is 54.2 Å². The third kappa shape index (κ3) is 4.66. The fourth-order valence-corrected chi connectivity index (χ4v) is 4.16. The molecule has 7 heteroatoms. The number of benzene rings is 3. The Labute approximate surface area is 203 Å². The van der Waals surface area contributed by atoms with E-state index in [1.807, 2.05) is 85.8 Å². The van der Waals surface area contributed by atoms with Crippen LogP contribution in [0.5, 0.6) is 0 Å². The van der Waals surface area contributed by atoms with Crippen LogP contribution in [0.2, 0.25) is 0 Å². The molecule has 7 nitrogen and oxygen atoms in total. The highest BCUT2D eigenvalue weighted by Gasteiger charge is 2.51. The Balaban J connectivity index is 1.22. The molecule has 4 aromatic rings. The molecule has 0 saturated heterocycles. The SMILES string of the molecule is C[C@@H](OC(=O)Nc1ccn(-c2ccc(-c3ccc(C4(C(=O)O)CC4)cc3)cc2)n1)c1ccccc1. The van der Waals surface area contributed by atoms with E-state index in [4.69, 9.17) is 4.74 Å². The van der Waals surface area contributed by atoms with Gasteiger partial charge in [0.05, 0.1) is 11.1 Å². The molecule has 1 saturated carbocycles. The van der Waals surface area contributed by atoms with Gasteiger partial charge in [0.15, 0.2) is 5.82 Å². The first-order chi connectivity index (χ1) is 16.9. The molecule has 1 aliphatic carbocycles. The number of hydrogen-bond acceptors (Lipinski definition) is 4. The minimum absolute atomic E-state index is 0.376. The zero-order valence-electron chi connectivity index (χ0n) is 19.2. The summed E-state index contributed by atoms with van der Waals surface area (Å²) in [4.78, 5) is 23.8. The standard InChI is InChI=1S/C28H25N3O4/c1-19(20-5-3-2-4-6-20)35-27(34)29-25-15-18-31(30-25)24-13-9-22(10-14-24)21-7-11-23(12-8-21)28(16-17-28)26(32)33/h2-15,18-19H,16-17H2,1H3,(H,32,33)(H,29,30,34)/t19-/m1/s1. The average Bonchev–Trinajstić information content (AvgIpc) is 3.58. The maximum atomic E-state index is 12.3. The summed E-state index contributed by atoms with van der Waals surface area (Å²) < 4.78 is 7.11. The summed E-state index contributed by atoms with van der Waals surface area (Å²) in [6.45, 7) is 1.82. The number of ether oxygens (including phenoxy) is 1. The molecule has 35 heavy (non-hydrogen) atoms. The summed E-state index contributed by atoms with van der Waals surface area (Å²) in [6, 6.07) is 26.8. The van der Waals surface area contributed by atoms with Gasteiger partial charge in [-0.2, -0.15) is 0 Å². The third-order valence-electron chi connectivity index (χ3n) is 6.43. The second kappa shape index (κ2) is 9.10. The van der Waals surface area contributed by atoms with Crippen molar-refractivity contribution in [1.29, 1.82) is 0 Å². The minimum Gasteiger partial charge on any atom is -0.481 e. The number of carbonyl (C=O) groups is 2. The maximum absolute atomic E-state index is 12.3. The summed E-state index contributed by atoms with van der Waals surface area (Å²) in [7, 11) is 0. The van der Waals surface area contributed by atoms with Crippen molar-refractivity contribution in [2.75, 3.05) is 5.32 Å². The second-order valence-corrected chi connectivity index (χ2v) is 8.74. The van der Waals surface area contributed by atoms with Crippen molar-refractivity contribution >= 4 is 17.9 Å². The molecule has 1 aromatic heterocycles. The zero-order valence-corrected chi connectivity index (χ0v) is 19.2. The van der Waals surface area contributed by atoms with Crippen molar-refractivity contribution in [3.05, 3.63) is 102 Å². The van der Waals surface area contributed by atoms with Crippen LogP contribution >= 0.6 is 0 Å². The lowest BCUT2D eigenvalue weighted by molar-refractivity contribution is -0.140. The molecule has 0 unspecified atom stereocenters. The second-order valence-electron chi connectivity index (χ2n) is 8.74. The van der Waals surface area contributed by atoms with Gasteiger partial charge in [0, 0.05) is 12.3 Å².